The number of hydrogen-bond donors (Lipinski definition) is 0. The van der Waals surface area contributed by atoms with Crippen LogP contribution in [0, 0.1) is 28.6 Å². The number of carbonyl (C=O) groups is 2. The third kappa shape index (κ3) is 2.07. The minimum absolute atomic E-state index is 0.244. The molecule has 0 N–H and O–H groups in total. The van der Waals surface area contributed by atoms with Crippen LogP contribution in [0.15, 0.2) is 22.8 Å². The average molecular weight is 326 g/mol. The highest BCUT2D eigenvalue weighted by molar-refractivity contribution is 5.91. The van der Waals surface area contributed by atoms with E-state index in [-0.39, 0.29) is 10.8 Å². The minimum Gasteiger partial charge on any atom is -0.298 e. The smallest absolute Gasteiger partial charge is 0.155 e. The fraction of sp³-hybridized carbons (Fsp3) is 0.727. The Morgan fingerprint density at radius 3 is 2.54 bits per heavy atom. The zero-order chi connectivity index (χ0) is 17.1. The zero-order valence-corrected chi connectivity index (χ0v) is 15.4. The van der Waals surface area contributed by atoms with Gasteiger partial charge in [-0.15, -0.1) is 0 Å². The molecule has 4 rings (SSSR count). The summed E-state index contributed by atoms with van der Waals surface area (Å²) in [7, 11) is 0. The molecule has 2 heteroatoms. The van der Waals surface area contributed by atoms with Crippen molar-refractivity contribution in [2.24, 2.45) is 28.6 Å². The third-order valence-corrected chi connectivity index (χ3v) is 8.40. The van der Waals surface area contributed by atoms with Crippen molar-refractivity contribution in [3.63, 3.8) is 0 Å². The summed E-state index contributed by atoms with van der Waals surface area (Å²) in [5, 5.41) is 0. The van der Waals surface area contributed by atoms with Crippen LogP contribution in [0.5, 0.6) is 0 Å². The van der Waals surface area contributed by atoms with Crippen molar-refractivity contribution < 1.29 is 9.59 Å². The maximum absolute atomic E-state index is 11.9. The molecule has 3 saturated carbocycles. The Morgan fingerprint density at radius 2 is 1.79 bits per heavy atom. The summed E-state index contributed by atoms with van der Waals surface area (Å²) < 4.78 is 0. The first-order valence-corrected chi connectivity index (χ1v) is 9.79. The van der Waals surface area contributed by atoms with Gasteiger partial charge in [0.2, 0.25) is 0 Å². The summed E-state index contributed by atoms with van der Waals surface area (Å²) in [5.74, 6) is 2.59. The number of ketones is 1. The highest BCUT2D eigenvalue weighted by atomic mass is 16.1. The summed E-state index contributed by atoms with van der Waals surface area (Å²) in [6, 6.07) is 0. The van der Waals surface area contributed by atoms with Crippen LogP contribution in [0.3, 0.4) is 0 Å². The number of fused-ring (bicyclic) bond motifs is 5. The summed E-state index contributed by atoms with van der Waals surface area (Å²) in [6.07, 6.45) is 12.1. The molecule has 0 aromatic rings. The molecular weight excluding hydrogens is 296 g/mol. The second-order valence-corrected chi connectivity index (χ2v) is 9.24. The predicted molar refractivity (Wildman–Crippen MR) is 95.5 cm³/mol. The fourth-order valence-corrected chi connectivity index (χ4v) is 7.09. The number of allylic oxidation sites excluding steroid dienone is 3. The molecular formula is C22H30O2. The lowest BCUT2D eigenvalue weighted by Gasteiger charge is -2.57. The Bertz CT molecular complexity index is 655. The van der Waals surface area contributed by atoms with Crippen LogP contribution in [0.25, 0.3) is 0 Å². The van der Waals surface area contributed by atoms with E-state index in [1.54, 1.807) is 0 Å². The van der Waals surface area contributed by atoms with Crippen LogP contribution in [0.2, 0.25) is 0 Å². The van der Waals surface area contributed by atoms with Gasteiger partial charge in [-0.2, -0.15) is 0 Å². The number of rotatable bonds is 1. The SMILES string of the molecule is C/C(C=O)=C1\CC[C@@H]2[C@H]3CCC4=CC(=O)CC[C@]4(C)[C@@H]3CC[C@@]12C. The van der Waals surface area contributed by atoms with E-state index >= 15 is 0 Å². The standard InChI is InChI=1S/C22H30O2/c1-14(13-23)18-6-7-19-17-5-4-15-12-16(24)8-10-21(15,2)20(17)9-11-22(18,19)3/h12-13,17,19-20H,4-11H2,1-3H3/b18-14-/t17-,19-,20-,21+,22+/m1/s1. The van der Waals surface area contributed by atoms with Crippen LogP contribution < -0.4 is 0 Å². The number of aldehydes is 1. The van der Waals surface area contributed by atoms with Crippen molar-refractivity contribution in [2.75, 3.05) is 0 Å². The molecule has 0 bridgehead atoms. The monoisotopic (exact) mass is 326 g/mol. The molecule has 24 heavy (non-hydrogen) atoms. The summed E-state index contributed by atoms with van der Waals surface area (Å²) in [4.78, 5) is 23.3. The number of carbonyl (C=O) groups excluding carboxylic acids is 2. The molecule has 0 unspecified atom stereocenters. The van der Waals surface area contributed by atoms with Crippen molar-refractivity contribution in [3.05, 3.63) is 22.8 Å². The van der Waals surface area contributed by atoms with E-state index in [2.05, 4.69) is 13.8 Å². The van der Waals surface area contributed by atoms with Gasteiger partial charge in [0, 0.05) is 6.42 Å². The van der Waals surface area contributed by atoms with E-state index in [1.165, 1.54) is 36.8 Å². The molecule has 4 aliphatic carbocycles. The molecule has 0 spiro atoms. The van der Waals surface area contributed by atoms with E-state index in [9.17, 15) is 9.59 Å². The Morgan fingerprint density at radius 1 is 1.04 bits per heavy atom. The van der Waals surface area contributed by atoms with Crippen molar-refractivity contribution in [2.45, 2.75) is 72.1 Å². The first kappa shape index (κ1) is 16.3. The van der Waals surface area contributed by atoms with Gasteiger partial charge in [0.05, 0.1) is 0 Å². The van der Waals surface area contributed by atoms with Gasteiger partial charge in [-0.3, -0.25) is 9.59 Å². The topological polar surface area (TPSA) is 34.1 Å². The quantitative estimate of drug-likeness (QED) is 0.500. The van der Waals surface area contributed by atoms with Gasteiger partial charge < -0.3 is 0 Å². The second-order valence-electron chi connectivity index (χ2n) is 9.24. The second kappa shape index (κ2) is 5.41. The van der Waals surface area contributed by atoms with Crippen LogP contribution >= 0.6 is 0 Å². The highest BCUT2D eigenvalue weighted by Crippen LogP contribution is 2.66. The van der Waals surface area contributed by atoms with Gasteiger partial charge in [-0.05, 0) is 92.1 Å². The molecule has 0 saturated heterocycles. The first-order valence-electron chi connectivity index (χ1n) is 9.79. The van der Waals surface area contributed by atoms with Crippen molar-refractivity contribution in [3.8, 4) is 0 Å². The van der Waals surface area contributed by atoms with Crippen LogP contribution in [0.4, 0.5) is 0 Å². The van der Waals surface area contributed by atoms with E-state index < -0.39 is 0 Å². The molecule has 0 aliphatic heterocycles. The lowest BCUT2D eigenvalue weighted by Crippen LogP contribution is -2.49. The van der Waals surface area contributed by atoms with Gasteiger partial charge in [0.1, 0.15) is 6.29 Å². The predicted octanol–water partition coefficient (Wildman–Crippen LogP) is 5.03. The van der Waals surface area contributed by atoms with Gasteiger partial charge in [-0.1, -0.05) is 25.0 Å². The maximum atomic E-state index is 11.9. The fourth-order valence-electron chi connectivity index (χ4n) is 7.09. The molecule has 3 fully saturated rings. The summed E-state index contributed by atoms with van der Waals surface area (Å²) in [6.45, 7) is 6.88. The van der Waals surface area contributed by atoms with Crippen LogP contribution in [0.1, 0.15) is 72.1 Å². The molecule has 5 atom stereocenters. The Kier molecular flexibility index (Phi) is 3.67. The lowest BCUT2D eigenvalue weighted by molar-refractivity contribution is -0.117. The molecule has 130 valence electrons. The average Bonchev–Trinajstić information content (AvgIpc) is 2.92. The van der Waals surface area contributed by atoms with E-state index in [0.717, 1.165) is 55.3 Å². The van der Waals surface area contributed by atoms with Crippen molar-refractivity contribution in [1.82, 2.24) is 0 Å². The van der Waals surface area contributed by atoms with Gasteiger partial charge in [0.25, 0.3) is 0 Å². The third-order valence-electron chi connectivity index (χ3n) is 8.40. The molecule has 0 amide bonds. The van der Waals surface area contributed by atoms with E-state index in [1.807, 2.05) is 13.0 Å². The van der Waals surface area contributed by atoms with Gasteiger partial charge in [-0.25, -0.2) is 0 Å². The maximum Gasteiger partial charge on any atom is 0.155 e. The van der Waals surface area contributed by atoms with Gasteiger partial charge >= 0.3 is 0 Å². The molecule has 2 nitrogen and oxygen atoms in total. The van der Waals surface area contributed by atoms with E-state index in [4.69, 9.17) is 0 Å². The largest absolute Gasteiger partial charge is 0.298 e. The molecule has 0 heterocycles. The highest BCUT2D eigenvalue weighted by Gasteiger charge is 2.57. The Balaban J connectivity index is 1.70. The minimum atomic E-state index is 0.244. The lowest BCUT2D eigenvalue weighted by atomic mass is 9.47. The summed E-state index contributed by atoms with van der Waals surface area (Å²) >= 11 is 0. The van der Waals surface area contributed by atoms with Crippen LogP contribution in [-0.4, -0.2) is 12.1 Å². The van der Waals surface area contributed by atoms with Gasteiger partial charge in [0.15, 0.2) is 5.78 Å². The molecule has 0 aromatic carbocycles. The van der Waals surface area contributed by atoms with Crippen LogP contribution in [-0.2, 0) is 9.59 Å². The normalized spacial score (nSPS) is 46.5. The summed E-state index contributed by atoms with van der Waals surface area (Å²) in [5.41, 5.74) is 4.38. The molecule has 4 aliphatic rings. The Hall–Kier alpha value is -1.18. The number of hydrogen-bond acceptors (Lipinski definition) is 2. The molecule has 0 aromatic heterocycles. The van der Waals surface area contributed by atoms with Crippen molar-refractivity contribution >= 4 is 12.1 Å². The van der Waals surface area contributed by atoms with Crippen molar-refractivity contribution in [1.29, 1.82) is 0 Å². The first-order chi connectivity index (χ1) is 11.4. The zero-order valence-electron chi connectivity index (χ0n) is 15.4. The Labute approximate surface area is 145 Å². The molecule has 0 radical (unpaired) electrons. The van der Waals surface area contributed by atoms with E-state index in [0.29, 0.717) is 5.78 Å².